The van der Waals surface area contributed by atoms with Crippen molar-refractivity contribution < 1.29 is 18.7 Å². The molecule has 5 aromatic rings. The molecule has 0 aliphatic heterocycles. The molecule has 4 aromatic carbocycles. The van der Waals surface area contributed by atoms with Gasteiger partial charge >= 0.3 is 5.97 Å². The van der Waals surface area contributed by atoms with Crippen LogP contribution in [0.15, 0.2) is 89.3 Å². The summed E-state index contributed by atoms with van der Waals surface area (Å²) in [5.41, 5.74) is 3.08. The Balaban J connectivity index is 1.47. The molecule has 1 atom stereocenters. The van der Waals surface area contributed by atoms with Gasteiger partial charge in [0, 0.05) is 20.2 Å². The maximum atomic E-state index is 13.3. The first-order chi connectivity index (χ1) is 17.0. The molecule has 7 heteroatoms. The second kappa shape index (κ2) is 9.87. The Morgan fingerprint density at radius 3 is 2.46 bits per heavy atom. The highest BCUT2D eigenvalue weighted by atomic mass is 127. The number of aromatic nitrogens is 1. The number of hydrogen-bond donors (Lipinski definition) is 1. The molecule has 1 aromatic heterocycles. The maximum Gasteiger partial charge on any atom is 0.339 e. The molecule has 1 amide bonds. The number of carbonyl (C=O) groups is 2. The van der Waals surface area contributed by atoms with Crippen LogP contribution < -0.4 is 5.32 Å². The van der Waals surface area contributed by atoms with E-state index in [2.05, 4.69) is 32.9 Å². The summed E-state index contributed by atoms with van der Waals surface area (Å²) in [4.78, 5) is 30.8. The maximum absolute atomic E-state index is 13.3. The molecule has 1 unspecified atom stereocenters. The Kier molecular flexibility index (Phi) is 6.50. The van der Waals surface area contributed by atoms with E-state index in [-0.39, 0.29) is 5.91 Å². The van der Waals surface area contributed by atoms with Gasteiger partial charge in [-0.3, -0.25) is 4.79 Å². The van der Waals surface area contributed by atoms with Crippen molar-refractivity contribution in [1.29, 1.82) is 0 Å². The lowest BCUT2D eigenvalue weighted by Crippen LogP contribution is -2.32. The minimum absolute atomic E-state index is 0.338. The number of nitrogens with one attached hydrogen (secondary N) is 1. The summed E-state index contributed by atoms with van der Waals surface area (Å²) in [5.74, 6) is -0.536. The van der Waals surface area contributed by atoms with Gasteiger partial charge in [0.15, 0.2) is 11.7 Å². The van der Waals surface area contributed by atoms with Crippen LogP contribution in [-0.4, -0.2) is 23.0 Å². The summed E-state index contributed by atoms with van der Waals surface area (Å²) >= 11 is 2.20. The SMILES string of the molecule is CCC(OC(=O)c1cccc2cccc(-c3nc4ccccc4o3)c12)C(=O)Nc1ccc(I)cc1. The zero-order valence-corrected chi connectivity index (χ0v) is 21.0. The van der Waals surface area contributed by atoms with E-state index < -0.39 is 12.1 Å². The Hall–Kier alpha value is -3.72. The summed E-state index contributed by atoms with van der Waals surface area (Å²) in [6, 6.07) is 26.0. The highest BCUT2D eigenvalue weighted by Gasteiger charge is 2.24. The van der Waals surface area contributed by atoms with Gasteiger partial charge in [-0.05, 0) is 82.9 Å². The third kappa shape index (κ3) is 4.77. The lowest BCUT2D eigenvalue weighted by Gasteiger charge is -2.17. The molecule has 0 spiro atoms. The summed E-state index contributed by atoms with van der Waals surface area (Å²) in [6.07, 6.45) is -0.599. The van der Waals surface area contributed by atoms with Crippen LogP contribution in [0, 0.1) is 3.57 Å². The average molecular weight is 576 g/mol. The van der Waals surface area contributed by atoms with Gasteiger partial charge in [-0.2, -0.15) is 0 Å². The van der Waals surface area contributed by atoms with Crippen molar-refractivity contribution in [1.82, 2.24) is 4.98 Å². The van der Waals surface area contributed by atoms with E-state index in [0.29, 0.717) is 40.1 Å². The summed E-state index contributed by atoms with van der Waals surface area (Å²) in [6.45, 7) is 1.80. The van der Waals surface area contributed by atoms with Crippen molar-refractivity contribution in [2.75, 3.05) is 5.32 Å². The molecule has 0 aliphatic rings. The van der Waals surface area contributed by atoms with Gasteiger partial charge in [-0.25, -0.2) is 9.78 Å². The van der Waals surface area contributed by atoms with Crippen molar-refractivity contribution in [2.24, 2.45) is 0 Å². The third-order valence-electron chi connectivity index (χ3n) is 5.67. The smallest absolute Gasteiger partial charge is 0.339 e. The summed E-state index contributed by atoms with van der Waals surface area (Å²) < 4.78 is 12.7. The number of ether oxygens (including phenoxy) is 1. The Bertz CT molecular complexity index is 1500. The van der Waals surface area contributed by atoms with Crippen LogP contribution in [0.3, 0.4) is 0 Å². The zero-order valence-electron chi connectivity index (χ0n) is 18.8. The van der Waals surface area contributed by atoms with E-state index in [4.69, 9.17) is 9.15 Å². The summed E-state index contributed by atoms with van der Waals surface area (Å²) in [5, 5.41) is 4.33. The largest absolute Gasteiger partial charge is 0.449 e. The van der Waals surface area contributed by atoms with Crippen LogP contribution in [0.2, 0.25) is 0 Å². The zero-order chi connectivity index (χ0) is 24.4. The van der Waals surface area contributed by atoms with Gasteiger partial charge in [0.1, 0.15) is 5.52 Å². The number of carbonyl (C=O) groups excluding carboxylic acids is 2. The minimum atomic E-state index is -0.937. The first kappa shape index (κ1) is 23.0. The van der Waals surface area contributed by atoms with Gasteiger partial charge in [0.2, 0.25) is 5.89 Å². The second-order valence-electron chi connectivity index (χ2n) is 7.99. The first-order valence-corrected chi connectivity index (χ1v) is 12.3. The monoisotopic (exact) mass is 576 g/mol. The number of hydrogen-bond acceptors (Lipinski definition) is 5. The molecule has 0 fully saturated rings. The van der Waals surface area contributed by atoms with E-state index in [1.54, 1.807) is 19.1 Å². The van der Waals surface area contributed by atoms with Crippen molar-refractivity contribution in [2.45, 2.75) is 19.4 Å². The highest BCUT2D eigenvalue weighted by molar-refractivity contribution is 14.1. The first-order valence-electron chi connectivity index (χ1n) is 11.2. The fourth-order valence-electron chi connectivity index (χ4n) is 3.95. The molecule has 0 bridgehead atoms. The molecule has 0 aliphatic carbocycles. The van der Waals surface area contributed by atoms with E-state index >= 15 is 0 Å². The predicted molar refractivity (Wildman–Crippen MR) is 144 cm³/mol. The number of nitrogens with zero attached hydrogens (tertiary/aromatic N) is 1. The number of para-hydroxylation sites is 2. The Morgan fingerprint density at radius 1 is 0.971 bits per heavy atom. The topological polar surface area (TPSA) is 81.4 Å². The quantitative estimate of drug-likeness (QED) is 0.177. The van der Waals surface area contributed by atoms with E-state index in [1.807, 2.05) is 72.8 Å². The van der Waals surface area contributed by atoms with Crippen LogP contribution in [0.4, 0.5) is 5.69 Å². The molecule has 1 N–H and O–H groups in total. The predicted octanol–water partition coefficient (Wildman–Crippen LogP) is 6.83. The molecule has 174 valence electrons. The fraction of sp³-hybridized carbons (Fsp3) is 0.107. The Labute approximate surface area is 215 Å². The van der Waals surface area contributed by atoms with Gasteiger partial charge < -0.3 is 14.5 Å². The molecule has 6 nitrogen and oxygen atoms in total. The van der Waals surface area contributed by atoms with Crippen LogP contribution in [0.5, 0.6) is 0 Å². The molecule has 0 saturated carbocycles. The van der Waals surface area contributed by atoms with Gasteiger partial charge in [0.05, 0.1) is 5.56 Å². The van der Waals surface area contributed by atoms with Gasteiger partial charge in [-0.1, -0.05) is 43.3 Å². The number of benzene rings is 4. The number of esters is 1. The Morgan fingerprint density at radius 2 is 1.71 bits per heavy atom. The number of amides is 1. The van der Waals surface area contributed by atoms with Crippen LogP contribution >= 0.6 is 22.6 Å². The number of fused-ring (bicyclic) bond motifs is 2. The van der Waals surface area contributed by atoms with Crippen molar-refractivity contribution >= 4 is 62.0 Å². The lowest BCUT2D eigenvalue weighted by atomic mass is 9.99. The minimum Gasteiger partial charge on any atom is -0.449 e. The van der Waals surface area contributed by atoms with E-state index in [0.717, 1.165) is 14.5 Å². The van der Waals surface area contributed by atoms with Gasteiger partial charge in [-0.15, -0.1) is 0 Å². The lowest BCUT2D eigenvalue weighted by molar-refractivity contribution is -0.124. The van der Waals surface area contributed by atoms with Crippen LogP contribution in [0.25, 0.3) is 33.3 Å². The average Bonchev–Trinajstić information content (AvgIpc) is 3.32. The third-order valence-corrected chi connectivity index (χ3v) is 6.39. The number of rotatable bonds is 6. The molecule has 1 heterocycles. The normalized spacial score (nSPS) is 11.9. The van der Waals surface area contributed by atoms with E-state index in [9.17, 15) is 9.59 Å². The molecule has 5 rings (SSSR count). The molecule has 35 heavy (non-hydrogen) atoms. The van der Waals surface area contributed by atoms with E-state index in [1.165, 1.54) is 0 Å². The molecular weight excluding hydrogens is 555 g/mol. The van der Waals surface area contributed by atoms with Crippen molar-refractivity contribution in [3.05, 3.63) is 94.1 Å². The summed E-state index contributed by atoms with van der Waals surface area (Å²) in [7, 11) is 0. The number of halogens is 1. The number of anilines is 1. The highest BCUT2D eigenvalue weighted by Crippen LogP contribution is 2.33. The molecule has 0 radical (unpaired) electrons. The van der Waals surface area contributed by atoms with Gasteiger partial charge in [0.25, 0.3) is 5.91 Å². The molecular formula is C28H21IN2O4. The molecule has 0 saturated heterocycles. The van der Waals surface area contributed by atoms with Crippen molar-refractivity contribution in [3.63, 3.8) is 0 Å². The van der Waals surface area contributed by atoms with Crippen LogP contribution in [0.1, 0.15) is 23.7 Å². The number of oxazole rings is 1. The standard InChI is InChI=1S/C28H21IN2O4/c1-2-23(26(32)30-19-15-13-18(29)14-16-19)35-28(33)21-10-6-8-17-7-5-9-20(25(17)21)27-31-22-11-3-4-12-24(22)34-27/h3-16,23H,2H2,1H3,(H,30,32). The van der Waals surface area contributed by atoms with Crippen molar-refractivity contribution in [3.8, 4) is 11.5 Å². The second-order valence-corrected chi connectivity index (χ2v) is 9.24. The van der Waals surface area contributed by atoms with Crippen LogP contribution in [-0.2, 0) is 9.53 Å². The fourth-order valence-corrected chi connectivity index (χ4v) is 4.31.